The minimum atomic E-state index is -0.642. The van der Waals surface area contributed by atoms with Crippen molar-refractivity contribution in [2.75, 3.05) is 12.4 Å². The third kappa shape index (κ3) is 5.35. The van der Waals surface area contributed by atoms with Crippen molar-refractivity contribution in [2.45, 2.75) is 18.6 Å². The highest BCUT2D eigenvalue weighted by Crippen LogP contribution is 2.27. The molecule has 2 aromatic carbocycles. The van der Waals surface area contributed by atoms with Gasteiger partial charge in [-0.1, -0.05) is 23.9 Å². The van der Waals surface area contributed by atoms with Crippen LogP contribution in [-0.2, 0) is 9.59 Å². The number of para-hydroxylation sites is 2. The third-order valence-electron chi connectivity index (χ3n) is 4.10. The Morgan fingerprint density at radius 2 is 1.97 bits per heavy atom. The molecule has 1 atom stereocenters. The molecule has 0 bridgehead atoms. The van der Waals surface area contributed by atoms with Crippen LogP contribution in [0.15, 0.2) is 58.7 Å². The molecule has 3 rings (SSSR count). The number of rotatable bonds is 5. The molecule has 2 aromatic rings. The van der Waals surface area contributed by atoms with Crippen LogP contribution in [0.4, 0.5) is 5.69 Å². The van der Waals surface area contributed by atoms with Crippen LogP contribution < -0.4 is 15.4 Å². The number of thioether (sulfide) groups is 1. The van der Waals surface area contributed by atoms with Gasteiger partial charge in [-0.15, -0.1) is 5.10 Å². The predicted molar refractivity (Wildman–Crippen MR) is 114 cm³/mol. The van der Waals surface area contributed by atoms with E-state index in [1.165, 1.54) is 7.11 Å². The second-order valence-corrected chi connectivity index (χ2v) is 7.38. The van der Waals surface area contributed by atoms with Gasteiger partial charge in [-0.2, -0.15) is 5.10 Å². The number of anilines is 1. The fraction of sp³-hybridized carbons (Fsp3) is 0.200. The topological polar surface area (TPSA) is 112 Å². The summed E-state index contributed by atoms with van der Waals surface area (Å²) in [7, 11) is 1.52. The minimum absolute atomic E-state index is 0.0331. The van der Waals surface area contributed by atoms with Gasteiger partial charge in [0.05, 0.1) is 18.5 Å². The van der Waals surface area contributed by atoms with Crippen LogP contribution in [0.5, 0.6) is 11.5 Å². The van der Waals surface area contributed by atoms with Crippen molar-refractivity contribution in [1.29, 1.82) is 0 Å². The third-order valence-corrected chi connectivity index (χ3v) is 5.18. The zero-order valence-corrected chi connectivity index (χ0v) is 16.7. The fourth-order valence-corrected chi connectivity index (χ4v) is 3.51. The summed E-state index contributed by atoms with van der Waals surface area (Å²) in [5, 5.41) is 22.6. The van der Waals surface area contributed by atoms with E-state index in [-0.39, 0.29) is 29.2 Å². The summed E-state index contributed by atoms with van der Waals surface area (Å²) < 4.78 is 5.23. The van der Waals surface area contributed by atoms with Crippen molar-refractivity contribution >= 4 is 40.1 Å². The maximum Gasteiger partial charge on any atom is 0.238 e. The summed E-state index contributed by atoms with van der Waals surface area (Å²) in [5.74, 6) is 0.0717. The van der Waals surface area contributed by atoms with Gasteiger partial charge in [0, 0.05) is 6.42 Å². The van der Waals surface area contributed by atoms with Gasteiger partial charge in [0.25, 0.3) is 0 Å². The summed E-state index contributed by atoms with van der Waals surface area (Å²) in [6.07, 6.45) is 0.0331. The Labute approximate surface area is 172 Å². The largest absolute Gasteiger partial charge is 0.508 e. The Hall–Kier alpha value is -3.33. The van der Waals surface area contributed by atoms with Crippen LogP contribution in [0.1, 0.15) is 18.9 Å². The van der Waals surface area contributed by atoms with E-state index in [1.807, 2.05) is 0 Å². The number of hydrogen-bond acceptors (Lipinski definition) is 7. The number of amidine groups is 1. The molecular weight excluding hydrogens is 392 g/mol. The number of carbonyl (C=O) groups is 2. The van der Waals surface area contributed by atoms with Gasteiger partial charge in [0.2, 0.25) is 11.8 Å². The van der Waals surface area contributed by atoms with E-state index in [9.17, 15) is 14.7 Å². The number of ether oxygens (including phenoxy) is 1. The van der Waals surface area contributed by atoms with Gasteiger partial charge in [-0.05, 0) is 48.9 Å². The Balaban J connectivity index is 1.71. The number of nitrogens with zero attached hydrogens (tertiary/aromatic N) is 2. The number of methoxy groups -OCH3 is 1. The molecule has 29 heavy (non-hydrogen) atoms. The fourth-order valence-electron chi connectivity index (χ4n) is 2.58. The number of phenols is 1. The first kappa shape index (κ1) is 20.4. The van der Waals surface area contributed by atoms with Crippen LogP contribution in [0.25, 0.3) is 0 Å². The molecule has 1 fully saturated rings. The molecule has 1 heterocycles. The Bertz CT molecular complexity index is 973. The van der Waals surface area contributed by atoms with Crippen LogP contribution >= 0.6 is 11.8 Å². The summed E-state index contributed by atoms with van der Waals surface area (Å²) in [6.45, 7) is 1.76. The smallest absolute Gasteiger partial charge is 0.238 e. The molecule has 1 saturated heterocycles. The Kier molecular flexibility index (Phi) is 6.50. The first-order chi connectivity index (χ1) is 14.0. The highest BCUT2D eigenvalue weighted by Gasteiger charge is 2.30. The van der Waals surface area contributed by atoms with Crippen LogP contribution in [0, 0.1) is 0 Å². The predicted octanol–water partition coefficient (Wildman–Crippen LogP) is 2.74. The van der Waals surface area contributed by atoms with Crippen molar-refractivity contribution in [3.8, 4) is 11.5 Å². The van der Waals surface area contributed by atoms with Crippen molar-refractivity contribution in [3.05, 3.63) is 54.1 Å². The van der Waals surface area contributed by atoms with Crippen molar-refractivity contribution in [2.24, 2.45) is 10.2 Å². The minimum Gasteiger partial charge on any atom is -0.508 e. The summed E-state index contributed by atoms with van der Waals surface area (Å²) in [5.41, 5.74) is 1.92. The van der Waals surface area contributed by atoms with E-state index in [1.54, 1.807) is 55.5 Å². The molecule has 8 nitrogen and oxygen atoms in total. The van der Waals surface area contributed by atoms with Gasteiger partial charge in [-0.3, -0.25) is 9.59 Å². The van der Waals surface area contributed by atoms with E-state index >= 15 is 0 Å². The first-order valence-electron chi connectivity index (χ1n) is 8.78. The normalized spacial score (nSPS) is 18.3. The van der Waals surface area contributed by atoms with E-state index in [2.05, 4.69) is 20.8 Å². The van der Waals surface area contributed by atoms with E-state index in [0.717, 1.165) is 17.3 Å². The molecule has 2 amide bonds. The average molecular weight is 412 g/mol. The Morgan fingerprint density at radius 1 is 1.24 bits per heavy atom. The van der Waals surface area contributed by atoms with Crippen molar-refractivity contribution in [1.82, 2.24) is 5.32 Å². The molecule has 0 aromatic heterocycles. The van der Waals surface area contributed by atoms with Crippen LogP contribution in [0.2, 0.25) is 0 Å². The van der Waals surface area contributed by atoms with Crippen LogP contribution in [0.3, 0.4) is 0 Å². The number of amides is 2. The number of carbonyl (C=O) groups excluding carboxylic acids is 2. The molecule has 9 heteroatoms. The maximum absolute atomic E-state index is 12.6. The molecule has 1 aliphatic heterocycles. The first-order valence-corrected chi connectivity index (χ1v) is 9.66. The summed E-state index contributed by atoms with van der Waals surface area (Å²) in [6, 6.07) is 13.6. The number of phenolic OH excluding ortho intramolecular Hbond substituents is 1. The quantitative estimate of drug-likeness (QED) is 0.516. The van der Waals surface area contributed by atoms with Gasteiger partial charge in [0.15, 0.2) is 5.17 Å². The monoisotopic (exact) mass is 412 g/mol. The standard InChI is InChI=1S/C20H20N4O4S/c1-12(13-7-9-14(25)10-8-13)23-24-20-22-18(26)11-17(29-20)19(27)21-15-5-3-4-6-16(15)28-2/h3-10,17,25H,11H2,1-2H3,(H,21,27)(H,22,24,26)/b23-12+. The summed E-state index contributed by atoms with van der Waals surface area (Å²) in [4.78, 5) is 24.7. The highest BCUT2D eigenvalue weighted by molar-refractivity contribution is 8.15. The van der Waals surface area contributed by atoms with E-state index < -0.39 is 5.25 Å². The van der Waals surface area contributed by atoms with Crippen molar-refractivity contribution < 1.29 is 19.4 Å². The Morgan fingerprint density at radius 3 is 2.69 bits per heavy atom. The molecule has 1 aliphatic rings. The molecular formula is C20H20N4O4S. The molecule has 0 saturated carbocycles. The van der Waals surface area contributed by atoms with Gasteiger partial charge < -0.3 is 20.5 Å². The highest BCUT2D eigenvalue weighted by atomic mass is 32.2. The van der Waals surface area contributed by atoms with Gasteiger partial charge in [-0.25, -0.2) is 0 Å². The lowest BCUT2D eigenvalue weighted by Crippen LogP contribution is -2.41. The van der Waals surface area contributed by atoms with Gasteiger partial charge in [0.1, 0.15) is 16.7 Å². The SMILES string of the molecule is COc1ccccc1NC(=O)C1CC(=O)NC(=N/N=C(\C)c2ccc(O)cc2)S1. The molecule has 0 radical (unpaired) electrons. The van der Waals surface area contributed by atoms with E-state index in [0.29, 0.717) is 17.1 Å². The van der Waals surface area contributed by atoms with E-state index in [4.69, 9.17) is 4.74 Å². The molecule has 0 spiro atoms. The van der Waals surface area contributed by atoms with Crippen molar-refractivity contribution in [3.63, 3.8) is 0 Å². The zero-order valence-electron chi connectivity index (χ0n) is 15.9. The molecule has 3 N–H and O–H groups in total. The second-order valence-electron chi connectivity index (χ2n) is 6.19. The average Bonchev–Trinajstić information content (AvgIpc) is 2.72. The zero-order chi connectivity index (χ0) is 20.8. The number of aromatic hydroxyl groups is 1. The molecule has 0 aliphatic carbocycles. The lowest BCUT2D eigenvalue weighted by Gasteiger charge is -2.22. The lowest BCUT2D eigenvalue weighted by atomic mass is 10.1. The molecule has 1 unspecified atom stereocenters. The second kappa shape index (κ2) is 9.24. The van der Waals surface area contributed by atoms with Crippen LogP contribution in [-0.4, -0.2) is 40.2 Å². The number of hydrogen-bond donors (Lipinski definition) is 3. The lowest BCUT2D eigenvalue weighted by molar-refractivity contribution is -0.123. The molecule has 150 valence electrons. The number of nitrogens with one attached hydrogen (secondary N) is 2. The number of benzene rings is 2. The van der Waals surface area contributed by atoms with Gasteiger partial charge >= 0.3 is 0 Å². The summed E-state index contributed by atoms with van der Waals surface area (Å²) >= 11 is 1.13. The maximum atomic E-state index is 12.6.